The standard InChI is InChI=1S/C22H29N7O6/c1-12(23)19(31)27-15(7-13-5-3-2-4-6-13)20(32)28-16(9-18(24)30)21(33)29-17(22(34)35)8-14-10-25-11-26-14/h2-6,10-12,15-17H,7-9,23H2,1H3,(H2,24,30)(H,25,26)(H,27,31)(H,28,32)(H,29,33)(H,34,35). The number of imidazole rings is 1. The predicted molar refractivity (Wildman–Crippen MR) is 123 cm³/mol. The van der Waals surface area contributed by atoms with Gasteiger partial charge in [0.05, 0.1) is 18.8 Å². The molecule has 2 aromatic rings. The summed E-state index contributed by atoms with van der Waals surface area (Å²) in [6.45, 7) is 1.45. The molecule has 0 saturated carbocycles. The van der Waals surface area contributed by atoms with Crippen molar-refractivity contribution in [3.63, 3.8) is 0 Å². The van der Waals surface area contributed by atoms with Crippen molar-refractivity contribution >= 4 is 29.6 Å². The SMILES string of the molecule is CC(N)C(=O)NC(Cc1ccccc1)C(=O)NC(CC(N)=O)C(=O)NC(Cc1cnc[nH]1)C(=O)O. The number of hydrogen-bond acceptors (Lipinski definition) is 7. The topological polar surface area (TPSA) is 222 Å². The van der Waals surface area contributed by atoms with Crippen molar-refractivity contribution < 1.29 is 29.1 Å². The second-order valence-electron chi connectivity index (χ2n) is 7.95. The van der Waals surface area contributed by atoms with Crippen molar-refractivity contribution in [2.75, 3.05) is 0 Å². The van der Waals surface area contributed by atoms with E-state index >= 15 is 0 Å². The van der Waals surface area contributed by atoms with Gasteiger partial charge in [0, 0.05) is 24.7 Å². The first kappa shape index (κ1) is 27.0. The lowest BCUT2D eigenvalue weighted by Crippen LogP contribution is -2.58. The molecule has 1 aromatic carbocycles. The van der Waals surface area contributed by atoms with Gasteiger partial charge in [-0.05, 0) is 12.5 Å². The number of nitrogens with zero attached hydrogens (tertiary/aromatic N) is 1. The van der Waals surface area contributed by atoms with Gasteiger partial charge < -0.3 is 37.5 Å². The first-order chi connectivity index (χ1) is 16.6. The van der Waals surface area contributed by atoms with E-state index in [1.807, 2.05) is 0 Å². The molecule has 13 heteroatoms. The molecule has 0 saturated heterocycles. The fourth-order valence-corrected chi connectivity index (χ4v) is 3.13. The summed E-state index contributed by atoms with van der Waals surface area (Å²) in [6, 6.07) is 3.93. The molecular weight excluding hydrogens is 458 g/mol. The van der Waals surface area contributed by atoms with E-state index < -0.39 is 60.2 Å². The lowest BCUT2D eigenvalue weighted by atomic mass is 10.0. The number of nitrogens with two attached hydrogens (primary N) is 2. The van der Waals surface area contributed by atoms with Gasteiger partial charge in [0.1, 0.15) is 18.1 Å². The average Bonchev–Trinajstić information content (AvgIpc) is 3.31. The van der Waals surface area contributed by atoms with Crippen LogP contribution in [0.4, 0.5) is 0 Å². The summed E-state index contributed by atoms with van der Waals surface area (Å²) in [7, 11) is 0. The highest BCUT2D eigenvalue weighted by Crippen LogP contribution is 2.06. The molecule has 188 valence electrons. The van der Waals surface area contributed by atoms with Gasteiger partial charge in [-0.2, -0.15) is 0 Å². The van der Waals surface area contributed by atoms with Gasteiger partial charge in [0.25, 0.3) is 0 Å². The minimum absolute atomic E-state index is 0.0770. The fraction of sp³-hybridized carbons (Fsp3) is 0.364. The number of amides is 4. The third kappa shape index (κ3) is 8.89. The summed E-state index contributed by atoms with van der Waals surface area (Å²) in [6.07, 6.45) is 2.13. The molecule has 4 unspecified atom stereocenters. The summed E-state index contributed by atoms with van der Waals surface area (Å²) >= 11 is 0. The second kappa shape index (κ2) is 12.8. The van der Waals surface area contributed by atoms with Gasteiger partial charge in [0.2, 0.25) is 23.6 Å². The van der Waals surface area contributed by atoms with Crippen LogP contribution in [-0.2, 0) is 36.8 Å². The number of nitrogens with one attached hydrogen (secondary N) is 4. The van der Waals surface area contributed by atoms with Crippen LogP contribution in [-0.4, -0.2) is 68.8 Å². The smallest absolute Gasteiger partial charge is 0.326 e. The molecule has 0 fully saturated rings. The Morgan fingerprint density at radius 3 is 2.09 bits per heavy atom. The van der Waals surface area contributed by atoms with Crippen LogP contribution in [0, 0.1) is 0 Å². The van der Waals surface area contributed by atoms with Crippen molar-refractivity contribution in [1.29, 1.82) is 0 Å². The number of H-pyrrole nitrogens is 1. The van der Waals surface area contributed by atoms with E-state index in [4.69, 9.17) is 11.5 Å². The Balaban J connectivity index is 2.18. The maximum absolute atomic E-state index is 13.0. The van der Waals surface area contributed by atoms with E-state index in [1.54, 1.807) is 30.3 Å². The minimum atomic E-state index is -1.48. The highest BCUT2D eigenvalue weighted by Gasteiger charge is 2.31. The van der Waals surface area contributed by atoms with Crippen molar-refractivity contribution in [2.45, 2.75) is 50.4 Å². The normalized spacial score (nSPS) is 14.1. The number of aliphatic carboxylic acids is 1. The quantitative estimate of drug-likeness (QED) is 0.166. The number of rotatable bonds is 13. The number of carboxylic acid groups (broad SMARTS) is 1. The zero-order valence-electron chi connectivity index (χ0n) is 19.1. The molecule has 0 aliphatic carbocycles. The van der Waals surface area contributed by atoms with E-state index in [1.165, 1.54) is 19.4 Å². The first-order valence-corrected chi connectivity index (χ1v) is 10.8. The number of benzene rings is 1. The maximum atomic E-state index is 13.0. The van der Waals surface area contributed by atoms with Crippen molar-refractivity contribution in [3.05, 3.63) is 54.1 Å². The second-order valence-corrected chi connectivity index (χ2v) is 7.95. The largest absolute Gasteiger partial charge is 0.480 e. The van der Waals surface area contributed by atoms with E-state index in [0.717, 1.165) is 5.56 Å². The number of aromatic amines is 1. The van der Waals surface area contributed by atoms with Crippen molar-refractivity contribution in [3.8, 4) is 0 Å². The molecule has 1 heterocycles. The highest BCUT2D eigenvalue weighted by molar-refractivity contribution is 5.96. The monoisotopic (exact) mass is 487 g/mol. The van der Waals surface area contributed by atoms with Gasteiger partial charge >= 0.3 is 5.97 Å². The van der Waals surface area contributed by atoms with Crippen LogP contribution in [0.3, 0.4) is 0 Å². The molecule has 13 nitrogen and oxygen atoms in total. The summed E-state index contributed by atoms with van der Waals surface area (Å²) in [4.78, 5) is 67.8. The van der Waals surface area contributed by atoms with Crippen LogP contribution in [0.25, 0.3) is 0 Å². The van der Waals surface area contributed by atoms with Crippen molar-refractivity contribution in [2.24, 2.45) is 11.5 Å². The Bertz CT molecular complexity index is 1030. The molecule has 0 aliphatic rings. The van der Waals surface area contributed by atoms with Gasteiger partial charge in [-0.3, -0.25) is 19.2 Å². The van der Waals surface area contributed by atoms with Gasteiger partial charge in [0.15, 0.2) is 0 Å². The molecule has 35 heavy (non-hydrogen) atoms. The molecule has 2 rings (SSSR count). The average molecular weight is 488 g/mol. The molecule has 4 amide bonds. The Morgan fingerprint density at radius 2 is 1.54 bits per heavy atom. The molecule has 0 radical (unpaired) electrons. The molecule has 0 bridgehead atoms. The Kier molecular flexibility index (Phi) is 9.90. The Hall–Kier alpha value is -4.26. The molecule has 4 atom stereocenters. The summed E-state index contributed by atoms with van der Waals surface area (Å²) in [5.41, 5.74) is 12.0. The number of aromatic nitrogens is 2. The molecular formula is C22H29N7O6. The van der Waals surface area contributed by atoms with Gasteiger partial charge in [-0.1, -0.05) is 30.3 Å². The summed E-state index contributed by atoms with van der Waals surface area (Å²) in [5.74, 6) is -4.53. The van der Waals surface area contributed by atoms with E-state index in [2.05, 4.69) is 25.9 Å². The van der Waals surface area contributed by atoms with E-state index in [-0.39, 0.29) is 12.8 Å². The zero-order valence-corrected chi connectivity index (χ0v) is 19.1. The summed E-state index contributed by atoms with van der Waals surface area (Å²) < 4.78 is 0. The van der Waals surface area contributed by atoms with Crippen molar-refractivity contribution in [1.82, 2.24) is 25.9 Å². The Morgan fingerprint density at radius 1 is 0.943 bits per heavy atom. The molecule has 0 aliphatic heterocycles. The van der Waals surface area contributed by atoms with Crippen LogP contribution >= 0.6 is 0 Å². The molecule has 1 aromatic heterocycles. The van der Waals surface area contributed by atoms with Crippen LogP contribution in [0.15, 0.2) is 42.9 Å². The maximum Gasteiger partial charge on any atom is 0.326 e. The van der Waals surface area contributed by atoms with E-state index in [0.29, 0.717) is 5.69 Å². The summed E-state index contributed by atoms with van der Waals surface area (Å²) in [5, 5.41) is 16.7. The number of carbonyl (C=O) groups excluding carboxylic acids is 4. The Labute approximate surface area is 201 Å². The van der Waals surface area contributed by atoms with Crippen LogP contribution in [0.2, 0.25) is 0 Å². The van der Waals surface area contributed by atoms with Crippen LogP contribution < -0.4 is 27.4 Å². The predicted octanol–water partition coefficient (Wildman–Crippen LogP) is -2.04. The molecule has 0 spiro atoms. The number of primary amides is 1. The zero-order chi connectivity index (χ0) is 26.0. The third-order valence-electron chi connectivity index (χ3n) is 4.96. The number of carboxylic acids is 1. The van der Waals surface area contributed by atoms with E-state index in [9.17, 15) is 29.1 Å². The lowest BCUT2D eigenvalue weighted by molar-refractivity contribution is -0.142. The fourth-order valence-electron chi connectivity index (χ4n) is 3.13. The minimum Gasteiger partial charge on any atom is -0.480 e. The first-order valence-electron chi connectivity index (χ1n) is 10.8. The molecule has 9 N–H and O–H groups in total. The number of carbonyl (C=O) groups is 5. The highest BCUT2D eigenvalue weighted by atomic mass is 16.4. The van der Waals surface area contributed by atoms with Gasteiger partial charge in [-0.15, -0.1) is 0 Å². The van der Waals surface area contributed by atoms with Crippen LogP contribution in [0.1, 0.15) is 24.6 Å². The lowest BCUT2D eigenvalue weighted by Gasteiger charge is -2.24. The number of hydrogen-bond donors (Lipinski definition) is 7. The van der Waals surface area contributed by atoms with Gasteiger partial charge in [-0.25, -0.2) is 9.78 Å². The third-order valence-corrected chi connectivity index (χ3v) is 4.96. The van der Waals surface area contributed by atoms with Crippen LogP contribution in [0.5, 0.6) is 0 Å².